The number of phenolic OH excluding ortho intramolecular Hbond substituents is 1. The summed E-state index contributed by atoms with van der Waals surface area (Å²) in [7, 11) is 1.42. The second-order valence-electron chi connectivity index (χ2n) is 6.77. The van der Waals surface area contributed by atoms with E-state index < -0.39 is 16.7 Å². The van der Waals surface area contributed by atoms with Crippen molar-refractivity contribution in [2.45, 2.75) is 0 Å². The number of amides is 2. The second-order valence-corrected chi connectivity index (χ2v) is 6.77. The van der Waals surface area contributed by atoms with E-state index in [1.54, 1.807) is 30.3 Å². The lowest BCUT2D eigenvalue weighted by Crippen LogP contribution is -2.20. The minimum absolute atomic E-state index is 0.0874. The number of para-hydroxylation sites is 1. The Hall–Kier alpha value is -4.93. The molecule has 0 heterocycles. The van der Waals surface area contributed by atoms with E-state index in [1.165, 1.54) is 49.7 Å². The molecule has 3 aromatic carbocycles. The van der Waals surface area contributed by atoms with Crippen LogP contribution in [0.4, 0.5) is 11.4 Å². The van der Waals surface area contributed by atoms with E-state index in [0.29, 0.717) is 11.3 Å². The molecule has 3 rings (SSSR count). The summed E-state index contributed by atoms with van der Waals surface area (Å²) in [5, 5.41) is 26.9. The third-order valence-corrected chi connectivity index (χ3v) is 4.42. The molecule has 0 aliphatic rings. The highest BCUT2D eigenvalue weighted by molar-refractivity contribution is 5.97. The number of nitro groups is 1. The fraction of sp³-hybridized carbons (Fsp3) is 0.0870. The van der Waals surface area contributed by atoms with Gasteiger partial charge in [-0.25, -0.2) is 5.43 Å². The Morgan fingerprint density at radius 3 is 2.62 bits per heavy atom. The molecule has 11 heteroatoms. The number of ether oxygens (including phenoxy) is 2. The normalized spacial score (nSPS) is 10.5. The van der Waals surface area contributed by atoms with E-state index >= 15 is 0 Å². The molecule has 0 saturated carbocycles. The van der Waals surface area contributed by atoms with Crippen LogP contribution in [0.3, 0.4) is 0 Å². The molecular weight excluding hydrogens is 444 g/mol. The molecule has 0 bridgehead atoms. The third kappa shape index (κ3) is 6.29. The molecule has 0 atom stereocenters. The van der Waals surface area contributed by atoms with Crippen molar-refractivity contribution in [1.29, 1.82) is 0 Å². The van der Waals surface area contributed by atoms with Gasteiger partial charge in [0.2, 0.25) is 0 Å². The Bertz CT molecular complexity index is 1240. The number of non-ortho nitro benzene ring substituents is 1. The topological polar surface area (TPSA) is 152 Å². The summed E-state index contributed by atoms with van der Waals surface area (Å²) in [5.41, 5.74) is 3.10. The van der Waals surface area contributed by atoms with Crippen LogP contribution < -0.4 is 20.2 Å². The quantitative estimate of drug-likeness (QED) is 0.250. The number of hydrogen-bond donors (Lipinski definition) is 3. The molecule has 0 spiro atoms. The second kappa shape index (κ2) is 11.1. The summed E-state index contributed by atoms with van der Waals surface area (Å²) in [6.07, 6.45) is 1.37. The van der Waals surface area contributed by atoms with Gasteiger partial charge in [0.15, 0.2) is 18.1 Å². The highest BCUT2D eigenvalue weighted by Gasteiger charge is 2.12. The Kier molecular flexibility index (Phi) is 7.74. The summed E-state index contributed by atoms with van der Waals surface area (Å²) in [5.74, 6) is -0.643. The number of anilines is 1. The van der Waals surface area contributed by atoms with Gasteiger partial charge in [-0.3, -0.25) is 19.7 Å². The highest BCUT2D eigenvalue weighted by Crippen LogP contribution is 2.27. The van der Waals surface area contributed by atoms with Crippen LogP contribution >= 0.6 is 0 Å². The molecule has 11 nitrogen and oxygen atoms in total. The Morgan fingerprint density at radius 1 is 1.09 bits per heavy atom. The lowest BCUT2D eigenvalue weighted by atomic mass is 10.2. The number of methoxy groups -OCH3 is 1. The molecule has 0 aliphatic heterocycles. The van der Waals surface area contributed by atoms with Crippen molar-refractivity contribution >= 4 is 29.4 Å². The summed E-state index contributed by atoms with van der Waals surface area (Å²) >= 11 is 0. The van der Waals surface area contributed by atoms with Crippen LogP contribution in [0, 0.1) is 10.1 Å². The first kappa shape index (κ1) is 23.7. The van der Waals surface area contributed by atoms with E-state index in [2.05, 4.69) is 15.8 Å². The van der Waals surface area contributed by atoms with Crippen molar-refractivity contribution in [3.63, 3.8) is 0 Å². The summed E-state index contributed by atoms with van der Waals surface area (Å²) in [4.78, 5) is 34.5. The van der Waals surface area contributed by atoms with Gasteiger partial charge in [-0.05, 0) is 42.0 Å². The maximum Gasteiger partial charge on any atom is 0.275 e. The minimum atomic E-state index is -0.573. The number of nitrogens with zero attached hydrogens (tertiary/aromatic N) is 2. The van der Waals surface area contributed by atoms with Crippen molar-refractivity contribution in [3.05, 3.63) is 88.0 Å². The van der Waals surface area contributed by atoms with Crippen molar-refractivity contribution in [2.75, 3.05) is 19.0 Å². The molecule has 0 radical (unpaired) electrons. The van der Waals surface area contributed by atoms with E-state index in [-0.39, 0.29) is 35.0 Å². The van der Waals surface area contributed by atoms with Crippen LogP contribution in [0.5, 0.6) is 17.2 Å². The van der Waals surface area contributed by atoms with Gasteiger partial charge >= 0.3 is 0 Å². The molecule has 34 heavy (non-hydrogen) atoms. The number of aromatic hydroxyl groups is 1. The average Bonchev–Trinajstić information content (AvgIpc) is 2.83. The van der Waals surface area contributed by atoms with Crippen molar-refractivity contribution in [1.82, 2.24) is 5.43 Å². The lowest BCUT2D eigenvalue weighted by Gasteiger charge is -2.11. The van der Waals surface area contributed by atoms with Crippen molar-refractivity contribution in [3.8, 4) is 17.2 Å². The monoisotopic (exact) mass is 464 g/mol. The molecule has 3 aromatic rings. The number of nitrogens with one attached hydrogen (secondary N) is 2. The number of nitro benzene ring substituents is 1. The van der Waals surface area contributed by atoms with Gasteiger partial charge in [-0.2, -0.15) is 5.10 Å². The highest BCUT2D eigenvalue weighted by atomic mass is 16.6. The predicted molar refractivity (Wildman–Crippen MR) is 123 cm³/mol. The van der Waals surface area contributed by atoms with E-state index in [1.807, 2.05) is 0 Å². The molecule has 0 aliphatic carbocycles. The summed E-state index contributed by atoms with van der Waals surface area (Å²) in [6, 6.07) is 16.4. The largest absolute Gasteiger partial charge is 0.507 e. The van der Waals surface area contributed by atoms with Crippen molar-refractivity contribution < 1.29 is 29.1 Å². The van der Waals surface area contributed by atoms with Crippen LogP contribution in [0.15, 0.2) is 71.8 Å². The zero-order valence-corrected chi connectivity index (χ0v) is 17.9. The smallest absolute Gasteiger partial charge is 0.275 e. The number of rotatable bonds is 9. The molecule has 3 N–H and O–H groups in total. The van der Waals surface area contributed by atoms with Crippen LogP contribution in [-0.4, -0.2) is 41.8 Å². The fourth-order valence-electron chi connectivity index (χ4n) is 2.81. The number of carbonyl (C=O) groups is 2. The molecule has 0 saturated heterocycles. The molecule has 2 amide bonds. The van der Waals surface area contributed by atoms with Gasteiger partial charge in [0, 0.05) is 17.8 Å². The van der Waals surface area contributed by atoms with Crippen LogP contribution in [0.25, 0.3) is 0 Å². The summed E-state index contributed by atoms with van der Waals surface area (Å²) < 4.78 is 10.8. The van der Waals surface area contributed by atoms with Gasteiger partial charge in [-0.15, -0.1) is 0 Å². The van der Waals surface area contributed by atoms with Crippen LogP contribution in [-0.2, 0) is 4.79 Å². The standard InChI is InChI=1S/C23H20N4O7/c1-33-21-11-15(13-24-26-23(30)18-7-2-3-8-19(18)28)9-10-20(21)34-14-22(29)25-16-5-4-6-17(12-16)27(31)32/h2-13,28H,14H2,1H3,(H,25,29)(H,26,30). The molecule has 0 unspecified atom stereocenters. The van der Waals surface area contributed by atoms with Gasteiger partial charge in [-0.1, -0.05) is 18.2 Å². The van der Waals surface area contributed by atoms with Crippen LogP contribution in [0.1, 0.15) is 15.9 Å². The Labute approximate surface area is 193 Å². The average molecular weight is 464 g/mol. The number of hydrazone groups is 1. The van der Waals surface area contributed by atoms with Gasteiger partial charge in [0.05, 0.1) is 23.8 Å². The number of hydrogen-bond acceptors (Lipinski definition) is 8. The number of carbonyl (C=O) groups excluding carboxylic acids is 2. The molecule has 174 valence electrons. The zero-order chi connectivity index (χ0) is 24.5. The fourth-order valence-corrected chi connectivity index (χ4v) is 2.81. The van der Waals surface area contributed by atoms with Crippen molar-refractivity contribution in [2.24, 2.45) is 5.10 Å². The van der Waals surface area contributed by atoms with Gasteiger partial charge < -0.3 is 19.9 Å². The Morgan fingerprint density at radius 2 is 1.88 bits per heavy atom. The zero-order valence-electron chi connectivity index (χ0n) is 17.9. The van der Waals surface area contributed by atoms with E-state index in [0.717, 1.165) is 0 Å². The van der Waals surface area contributed by atoms with Gasteiger partial charge in [0.1, 0.15) is 5.75 Å². The first-order chi connectivity index (χ1) is 16.4. The first-order valence-corrected chi connectivity index (χ1v) is 9.84. The van der Waals surface area contributed by atoms with Crippen LogP contribution in [0.2, 0.25) is 0 Å². The molecule has 0 fully saturated rings. The van der Waals surface area contributed by atoms with E-state index in [9.17, 15) is 24.8 Å². The minimum Gasteiger partial charge on any atom is -0.507 e. The summed E-state index contributed by atoms with van der Waals surface area (Å²) in [6.45, 7) is -0.358. The molecular formula is C23H20N4O7. The third-order valence-electron chi connectivity index (χ3n) is 4.42. The maximum atomic E-state index is 12.2. The predicted octanol–water partition coefficient (Wildman–Crippen LogP) is 3.09. The lowest BCUT2D eigenvalue weighted by molar-refractivity contribution is -0.384. The maximum absolute atomic E-state index is 12.2. The Balaban J connectivity index is 1.58. The molecule has 0 aromatic heterocycles. The number of phenols is 1. The van der Waals surface area contributed by atoms with Gasteiger partial charge in [0.25, 0.3) is 17.5 Å². The number of benzene rings is 3. The SMILES string of the molecule is COc1cc(C=NNC(=O)c2ccccc2O)ccc1OCC(=O)Nc1cccc([N+](=O)[O-])c1. The van der Waals surface area contributed by atoms with E-state index in [4.69, 9.17) is 9.47 Å². The first-order valence-electron chi connectivity index (χ1n) is 9.84.